The molecular weight excluding hydrogens is 348 g/mol. The third-order valence-corrected chi connectivity index (χ3v) is 5.12. The van der Waals surface area contributed by atoms with Gasteiger partial charge in [0, 0.05) is 20.1 Å². The molecule has 0 radical (unpaired) electrons. The molecule has 1 saturated heterocycles. The van der Waals surface area contributed by atoms with Crippen LogP contribution in [0.3, 0.4) is 0 Å². The van der Waals surface area contributed by atoms with E-state index in [9.17, 15) is 14.4 Å². The van der Waals surface area contributed by atoms with Gasteiger partial charge in [-0.05, 0) is 18.4 Å². The van der Waals surface area contributed by atoms with Crippen LogP contribution in [0.25, 0.3) is 0 Å². The molecule has 2 amide bonds. The standard InChI is InChI=1S/C20H28N2O5/c1-14(18(26-2)17-10-7-11-22(17)13-23)19(24)21-16(20(25)27-3)12-15-8-5-4-6-9-15/h4-6,8-9,13-14,16-18H,7,10-12H2,1-3H3,(H,21,24)/t14?,16-,17?,18?/m0/s1. The van der Waals surface area contributed by atoms with Crippen molar-refractivity contribution in [2.75, 3.05) is 20.8 Å². The molecule has 7 nitrogen and oxygen atoms in total. The van der Waals surface area contributed by atoms with Crippen LogP contribution >= 0.6 is 0 Å². The van der Waals surface area contributed by atoms with Gasteiger partial charge in [0.1, 0.15) is 6.04 Å². The summed E-state index contributed by atoms with van der Waals surface area (Å²) in [5.41, 5.74) is 0.923. The van der Waals surface area contributed by atoms with E-state index in [0.29, 0.717) is 13.0 Å². The van der Waals surface area contributed by atoms with Crippen molar-refractivity contribution in [1.82, 2.24) is 10.2 Å². The molecule has 1 heterocycles. The normalized spacial score (nSPS) is 19.8. The summed E-state index contributed by atoms with van der Waals surface area (Å²) < 4.78 is 10.4. The Balaban J connectivity index is 2.08. The summed E-state index contributed by atoms with van der Waals surface area (Å²) in [5, 5.41) is 2.79. The number of amides is 2. The van der Waals surface area contributed by atoms with E-state index >= 15 is 0 Å². The lowest BCUT2D eigenvalue weighted by Crippen LogP contribution is -2.51. The van der Waals surface area contributed by atoms with Crippen LogP contribution in [0.5, 0.6) is 0 Å². The van der Waals surface area contributed by atoms with Crippen LogP contribution in [0.4, 0.5) is 0 Å². The van der Waals surface area contributed by atoms with Gasteiger partial charge in [-0.1, -0.05) is 37.3 Å². The molecule has 3 unspecified atom stereocenters. The van der Waals surface area contributed by atoms with Gasteiger partial charge in [0.05, 0.1) is 25.2 Å². The molecule has 2 rings (SSSR count). The van der Waals surface area contributed by atoms with Crippen LogP contribution in [0, 0.1) is 5.92 Å². The second kappa shape index (κ2) is 10.1. The highest BCUT2D eigenvalue weighted by Gasteiger charge is 2.38. The summed E-state index contributed by atoms with van der Waals surface area (Å²) in [6.07, 6.45) is 2.39. The molecule has 1 aliphatic heterocycles. The highest BCUT2D eigenvalue weighted by atomic mass is 16.5. The van der Waals surface area contributed by atoms with Crippen molar-refractivity contribution in [2.45, 2.75) is 44.4 Å². The number of hydrogen-bond acceptors (Lipinski definition) is 5. The average molecular weight is 376 g/mol. The first-order valence-corrected chi connectivity index (χ1v) is 9.17. The van der Waals surface area contributed by atoms with Crippen LogP contribution in [-0.4, -0.2) is 62.1 Å². The van der Waals surface area contributed by atoms with E-state index in [-0.39, 0.29) is 11.9 Å². The highest BCUT2D eigenvalue weighted by Crippen LogP contribution is 2.25. The minimum absolute atomic E-state index is 0.140. The predicted octanol–water partition coefficient (Wildman–Crippen LogP) is 1.16. The van der Waals surface area contributed by atoms with Crippen molar-refractivity contribution in [2.24, 2.45) is 5.92 Å². The Morgan fingerprint density at radius 3 is 2.59 bits per heavy atom. The third-order valence-electron chi connectivity index (χ3n) is 5.12. The van der Waals surface area contributed by atoms with Crippen LogP contribution < -0.4 is 5.32 Å². The number of rotatable bonds is 9. The van der Waals surface area contributed by atoms with Crippen LogP contribution in [0.1, 0.15) is 25.3 Å². The van der Waals surface area contributed by atoms with Gasteiger partial charge in [-0.3, -0.25) is 9.59 Å². The first-order valence-electron chi connectivity index (χ1n) is 9.17. The predicted molar refractivity (Wildman–Crippen MR) is 99.8 cm³/mol. The van der Waals surface area contributed by atoms with Crippen LogP contribution in [0.15, 0.2) is 30.3 Å². The van der Waals surface area contributed by atoms with Gasteiger partial charge in [0.15, 0.2) is 0 Å². The van der Waals surface area contributed by atoms with Crippen molar-refractivity contribution in [1.29, 1.82) is 0 Å². The molecule has 27 heavy (non-hydrogen) atoms. The fraction of sp³-hybridized carbons (Fsp3) is 0.550. The third kappa shape index (κ3) is 5.29. The number of carbonyl (C=O) groups is 3. The molecule has 1 N–H and O–H groups in total. The first kappa shape index (κ1) is 20.9. The van der Waals surface area contributed by atoms with Gasteiger partial charge in [-0.25, -0.2) is 4.79 Å². The SMILES string of the molecule is COC(=O)[C@H](Cc1ccccc1)NC(=O)C(C)C(OC)C1CCCN1C=O. The zero-order chi connectivity index (χ0) is 19.8. The molecule has 0 spiro atoms. The summed E-state index contributed by atoms with van der Waals surface area (Å²) >= 11 is 0. The molecule has 1 fully saturated rings. The van der Waals surface area contributed by atoms with Crippen molar-refractivity contribution in [3.8, 4) is 0 Å². The van der Waals surface area contributed by atoms with Gasteiger partial charge >= 0.3 is 5.97 Å². The van der Waals surface area contributed by atoms with E-state index < -0.39 is 24.0 Å². The Morgan fingerprint density at radius 2 is 2.00 bits per heavy atom. The lowest BCUT2D eigenvalue weighted by Gasteiger charge is -2.32. The second-order valence-electron chi connectivity index (χ2n) is 6.82. The summed E-state index contributed by atoms with van der Waals surface area (Å²) in [5.74, 6) is -1.32. The summed E-state index contributed by atoms with van der Waals surface area (Å²) in [6, 6.07) is 8.51. The summed E-state index contributed by atoms with van der Waals surface area (Å²) in [4.78, 5) is 37.9. The zero-order valence-corrected chi connectivity index (χ0v) is 16.1. The quantitative estimate of drug-likeness (QED) is 0.516. The molecule has 4 atom stereocenters. The number of likely N-dealkylation sites (tertiary alicyclic amines) is 1. The van der Waals surface area contributed by atoms with E-state index in [4.69, 9.17) is 9.47 Å². The minimum atomic E-state index is -0.782. The number of nitrogens with one attached hydrogen (secondary N) is 1. The Labute approximate surface area is 160 Å². The van der Waals surface area contributed by atoms with Crippen molar-refractivity contribution >= 4 is 18.3 Å². The molecule has 148 valence electrons. The number of hydrogen-bond donors (Lipinski definition) is 1. The van der Waals surface area contributed by atoms with Gasteiger partial charge in [0.2, 0.25) is 12.3 Å². The number of methoxy groups -OCH3 is 2. The fourth-order valence-electron chi connectivity index (χ4n) is 3.63. The van der Waals surface area contributed by atoms with E-state index in [1.54, 1.807) is 11.8 Å². The Hall–Kier alpha value is -2.41. The van der Waals surface area contributed by atoms with E-state index in [2.05, 4.69) is 5.32 Å². The van der Waals surface area contributed by atoms with Crippen LogP contribution in [-0.2, 0) is 30.3 Å². The fourth-order valence-corrected chi connectivity index (χ4v) is 3.63. The minimum Gasteiger partial charge on any atom is -0.467 e. The number of ether oxygens (including phenoxy) is 2. The molecule has 1 aliphatic rings. The lowest BCUT2D eigenvalue weighted by molar-refractivity contribution is -0.146. The second-order valence-corrected chi connectivity index (χ2v) is 6.82. The van der Waals surface area contributed by atoms with E-state index in [0.717, 1.165) is 24.8 Å². The Morgan fingerprint density at radius 1 is 1.30 bits per heavy atom. The zero-order valence-electron chi connectivity index (χ0n) is 16.1. The van der Waals surface area contributed by atoms with Gasteiger partial charge < -0.3 is 19.7 Å². The van der Waals surface area contributed by atoms with Crippen molar-refractivity contribution < 1.29 is 23.9 Å². The van der Waals surface area contributed by atoms with Gasteiger partial charge in [0.25, 0.3) is 0 Å². The maximum absolute atomic E-state index is 12.8. The van der Waals surface area contributed by atoms with E-state index in [1.165, 1.54) is 14.2 Å². The maximum atomic E-state index is 12.8. The number of benzene rings is 1. The first-order chi connectivity index (χ1) is 13.0. The van der Waals surface area contributed by atoms with Crippen molar-refractivity contribution in [3.63, 3.8) is 0 Å². The summed E-state index contributed by atoms with van der Waals surface area (Å²) in [7, 11) is 2.84. The summed E-state index contributed by atoms with van der Waals surface area (Å²) in [6.45, 7) is 2.42. The topological polar surface area (TPSA) is 84.9 Å². The van der Waals surface area contributed by atoms with Gasteiger partial charge in [-0.15, -0.1) is 0 Å². The van der Waals surface area contributed by atoms with Crippen molar-refractivity contribution in [3.05, 3.63) is 35.9 Å². The maximum Gasteiger partial charge on any atom is 0.328 e. The molecule has 0 bridgehead atoms. The monoisotopic (exact) mass is 376 g/mol. The average Bonchev–Trinajstić information content (AvgIpc) is 3.16. The van der Waals surface area contributed by atoms with Crippen LogP contribution in [0.2, 0.25) is 0 Å². The molecule has 1 aromatic rings. The highest BCUT2D eigenvalue weighted by molar-refractivity contribution is 5.86. The molecular formula is C20H28N2O5. The lowest BCUT2D eigenvalue weighted by atomic mass is 9.94. The molecule has 0 aromatic heterocycles. The number of esters is 1. The van der Waals surface area contributed by atoms with Gasteiger partial charge in [-0.2, -0.15) is 0 Å². The Bertz CT molecular complexity index is 637. The Kier molecular flexibility index (Phi) is 7.79. The number of carbonyl (C=O) groups excluding carboxylic acids is 3. The smallest absolute Gasteiger partial charge is 0.328 e. The number of nitrogens with zero attached hydrogens (tertiary/aromatic N) is 1. The van der Waals surface area contributed by atoms with E-state index in [1.807, 2.05) is 30.3 Å². The molecule has 0 saturated carbocycles. The molecule has 7 heteroatoms. The molecule has 0 aliphatic carbocycles. The largest absolute Gasteiger partial charge is 0.467 e. The molecule has 1 aromatic carbocycles.